The Hall–Kier alpha value is -2.13. The monoisotopic (exact) mass is 452 g/mol. The fourth-order valence-corrected chi connectivity index (χ4v) is 4.92. The lowest BCUT2D eigenvalue weighted by atomic mass is 10.1. The summed E-state index contributed by atoms with van der Waals surface area (Å²) in [4.78, 5) is 12.8. The first-order valence-electron chi connectivity index (χ1n) is 9.68. The summed E-state index contributed by atoms with van der Waals surface area (Å²) in [6, 6.07) is 12.5. The highest BCUT2D eigenvalue weighted by molar-refractivity contribution is 7.89. The normalized spacial score (nSPS) is 17.5. The van der Waals surface area contributed by atoms with E-state index in [0.717, 1.165) is 18.4 Å². The van der Waals surface area contributed by atoms with E-state index in [-0.39, 0.29) is 28.2 Å². The standard InChI is InChI=1S/C21H25ClN2O5S/c1-28-19-10-9-16(22)13-20(19)30(26,27)24-18(12-15-6-3-2-4-7-15)21(25)23-14-17-8-5-11-29-17/h2-4,6-7,9-10,13,17-18,24H,5,8,11-12,14H2,1H3,(H,23,25)/t17-,18+/m0/s1. The van der Waals surface area contributed by atoms with Crippen LogP contribution < -0.4 is 14.8 Å². The van der Waals surface area contributed by atoms with Crippen molar-refractivity contribution in [2.45, 2.75) is 36.3 Å². The predicted octanol–water partition coefficient (Wildman–Crippen LogP) is 2.53. The van der Waals surface area contributed by atoms with E-state index in [9.17, 15) is 13.2 Å². The van der Waals surface area contributed by atoms with Crippen LogP contribution in [0.2, 0.25) is 5.02 Å². The molecule has 30 heavy (non-hydrogen) atoms. The number of nitrogens with one attached hydrogen (secondary N) is 2. The molecule has 2 N–H and O–H groups in total. The van der Waals surface area contributed by atoms with Crippen LogP contribution in [0.4, 0.5) is 0 Å². The molecule has 1 aliphatic heterocycles. The van der Waals surface area contributed by atoms with E-state index in [1.54, 1.807) is 0 Å². The second-order valence-electron chi connectivity index (χ2n) is 7.04. The molecule has 1 aliphatic rings. The molecule has 3 rings (SSSR count). The van der Waals surface area contributed by atoms with Gasteiger partial charge in [-0.3, -0.25) is 4.79 Å². The lowest BCUT2D eigenvalue weighted by molar-refractivity contribution is -0.123. The first kappa shape index (κ1) is 22.6. The van der Waals surface area contributed by atoms with Crippen molar-refractivity contribution in [2.75, 3.05) is 20.3 Å². The second-order valence-corrected chi connectivity index (χ2v) is 9.16. The van der Waals surface area contributed by atoms with Crippen LogP contribution in [-0.4, -0.2) is 46.7 Å². The highest BCUT2D eigenvalue weighted by atomic mass is 35.5. The van der Waals surface area contributed by atoms with Gasteiger partial charge in [0.25, 0.3) is 0 Å². The lowest BCUT2D eigenvalue weighted by Gasteiger charge is -2.20. The SMILES string of the molecule is COc1ccc(Cl)cc1S(=O)(=O)N[C@H](Cc1ccccc1)C(=O)NC[C@@H]1CCCO1. The number of ether oxygens (including phenoxy) is 2. The van der Waals surface area contributed by atoms with E-state index in [1.165, 1.54) is 25.3 Å². The molecule has 0 unspecified atom stereocenters. The maximum atomic E-state index is 13.1. The number of benzene rings is 2. The molecule has 1 saturated heterocycles. The minimum absolute atomic E-state index is 0.0454. The van der Waals surface area contributed by atoms with Crippen molar-refractivity contribution in [3.05, 3.63) is 59.1 Å². The third-order valence-corrected chi connectivity index (χ3v) is 6.57. The molecule has 1 amide bonds. The van der Waals surface area contributed by atoms with Crippen LogP contribution in [0.1, 0.15) is 18.4 Å². The van der Waals surface area contributed by atoms with E-state index in [4.69, 9.17) is 21.1 Å². The maximum absolute atomic E-state index is 13.1. The van der Waals surface area contributed by atoms with Gasteiger partial charge < -0.3 is 14.8 Å². The zero-order valence-corrected chi connectivity index (χ0v) is 18.2. The molecule has 0 bridgehead atoms. The molecular weight excluding hydrogens is 428 g/mol. The summed E-state index contributed by atoms with van der Waals surface area (Å²) in [7, 11) is -2.71. The first-order valence-corrected chi connectivity index (χ1v) is 11.5. The Morgan fingerprint density at radius 1 is 1.27 bits per heavy atom. The topological polar surface area (TPSA) is 93.7 Å². The highest BCUT2D eigenvalue weighted by Crippen LogP contribution is 2.27. The highest BCUT2D eigenvalue weighted by Gasteiger charge is 2.29. The number of sulfonamides is 1. The number of amides is 1. The van der Waals surface area contributed by atoms with Gasteiger partial charge in [0.1, 0.15) is 16.7 Å². The van der Waals surface area contributed by atoms with E-state index in [2.05, 4.69) is 10.0 Å². The molecule has 7 nitrogen and oxygen atoms in total. The zero-order valence-electron chi connectivity index (χ0n) is 16.6. The number of carbonyl (C=O) groups excluding carboxylic acids is 1. The molecule has 2 aromatic rings. The van der Waals surface area contributed by atoms with Crippen LogP contribution in [0.5, 0.6) is 5.75 Å². The average Bonchev–Trinajstić information content (AvgIpc) is 3.26. The largest absolute Gasteiger partial charge is 0.495 e. The Balaban J connectivity index is 1.81. The summed E-state index contributed by atoms with van der Waals surface area (Å²) >= 11 is 5.99. The Morgan fingerprint density at radius 2 is 2.03 bits per heavy atom. The molecule has 1 fully saturated rings. The third-order valence-electron chi connectivity index (χ3n) is 4.84. The van der Waals surface area contributed by atoms with Gasteiger partial charge >= 0.3 is 0 Å². The fourth-order valence-electron chi connectivity index (χ4n) is 3.29. The molecule has 162 valence electrons. The van der Waals surface area contributed by atoms with Crippen molar-refractivity contribution in [1.29, 1.82) is 0 Å². The van der Waals surface area contributed by atoms with Gasteiger partial charge in [-0.15, -0.1) is 0 Å². The summed E-state index contributed by atoms with van der Waals surface area (Å²) in [5.41, 5.74) is 0.829. The Morgan fingerprint density at radius 3 is 2.70 bits per heavy atom. The minimum Gasteiger partial charge on any atom is -0.495 e. The van der Waals surface area contributed by atoms with E-state index in [1.807, 2.05) is 30.3 Å². The maximum Gasteiger partial charge on any atom is 0.245 e. The molecule has 0 saturated carbocycles. The van der Waals surface area contributed by atoms with Gasteiger partial charge in [-0.2, -0.15) is 4.72 Å². The van der Waals surface area contributed by atoms with Gasteiger partial charge in [-0.1, -0.05) is 41.9 Å². The molecule has 0 spiro atoms. The smallest absolute Gasteiger partial charge is 0.245 e. The van der Waals surface area contributed by atoms with Crippen LogP contribution in [0.25, 0.3) is 0 Å². The average molecular weight is 453 g/mol. The van der Waals surface area contributed by atoms with Gasteiger partial charge in [0.05, 0.1) is 13.2 Å². The van der Waals surface area contributed by atoms with Crippen LogP contribution in [-0.2, 0) is 26.0 Å². The summed E-state index contributed by atoms with van der Waals surface area (Å²) in [5.74, 6) is -0.274. The number of rotatable bonds is 9. The van der Waals surface area contributed by atoms with Gasteiger partial charge in [0.2, 0.25) is 15.9 Å². The number of hydrogen-bond donors (Lipinski definition) is 2. The Labute approximate surface area is 181 Å². The van der Waals surface area contributed by atoms with Gasteiger partial charge in [0, 0.05) is 18.2 Å². The number of carbonyl (C=O) groups is 1. The van der Waals surface area contributed by atoms with Crippen molar-refractivity contribution in [3.63, 3.8) is 0 Å². The van der Waals surface area contributed by atoms with E-state index in [0.29, 0.717) is 13.2 Å². The van der Waals surface area contributed by atoms with Gasteiger partial charge in [-0.05, 0) is 43.0 Å². The summed E-state index contributed by atoms with van der Waals surface area (Å²) in [6.45, 7) is 1.02. The molecule has 2 aromatic carbocycles. The predicted molar refractivity (Wildman–Crippen MR) is 114 cm³/mol. The molecule has 0 radical (unpaired) electrons. The van der Waals surface area contributed by atoms with Crippen LogP contribution in [0.3, 0.4) is 0 Å². The Bertz CT molecular complexity index is 963. The van der Waals surface area contributed by atoms with Crippen molar-refractivity contribution in [3.8, 4) is 5.75 Å². The molecule has 0 aromatic heterocycles. The molecular formula is C21H25ClN2O5S. The first-order chi connectivity index (χ1) is 14.4. The summed E-state index contributed by atoms with van der Waals surface area (Å²) < 4.78 is 39.4. The van der Waals surface area contributed by atoms with Gasteiger partial charge in [-0.25, -0.2) is 8.42 Å². The molecule has 0 aliphatic carbocycles. The summed E-state index contributed by atoms with van der Waals surface area (Å²) in [6.07, 6.45) is 1.97. The lowest BCUT2D eigenvalue weighted by Crippen LogP contribution is -2.49. The Kier molecular flexibility index (Phi) is 7.71. The molecule has 9 heteroatoms. The fraction of sp³-hybridized carbons (Fsp3) is 0.381. The molecule has 1 heterocycles. The number of methoxy groups -OCH3 is 1. The second kappa shape index (κ2) is 10.3. The van der Waals surface area contributed by atoms with Crippen molar-refractivity contribution in [2.24, 2.45) is 0 Å². The van der Waals surface area contributed by atoms with E-state index < -0.39 is 22.0 Å². The zero-order chi connectivity index (χ0) is 21.6. The quantitative estimate of drug-likeness (QED) is 0.609. The van der Waals surface area contributed by atoms with Crippen LogP contribution in [0, 0.1) is 0 Å². The van der Waals surface area contributed by atoms with Crippen molar-refractivity contribution >= 4 is 27.5 Å². The molecule has 2 atom stereocenters. The number of halogens is 1. The van der Waals surface area contributed by atoms with Crippen molar-refractivity contribution in [1.82, 2.24) is 10.0 Å². The summed E-state index contributed by atoms with van der Waals surface area (Å²) in [5, 5.41) is 3.06. The van der Waals surface area contributed by atoms with Crippen LogP contribution in [0.15, 0.2) is 53.4 Å². The van der Waals surface area contributed by atoms with Crippen molar-refractivity contribution < 1.29 is 22.7 Å². The van der Waals surface area contributed by atoms with E-state index >= 15 is 0 Å². The number of hydrogen-bond acceptors (Lipinski definition) is 5. The minimum atomic E-state index is -4.08. The van der Waals surface area contributed by atoms with Crippen LogP contribution >= 0.6 is 11.6 Å². The third kappa shape index (κ3) is 5.95. The van der Waals surface area contributed by atoms with Gasteiger partial charge in [0.15, 0.2) is 0 Å².